The van der Waals surface area contributed by atoms with E-state index in [9.17, 15) is 14.7 Å². The highest BCUT2D eigenvalue weighted by molar-refractivity contribution is 5.85. The molecule has 0 unspecified atom stereocenters. The van der Waals surface area contributed by atoms with Gasteiger partial charge in [-0.2, -0.15) is 0 Å². The minimum Gasteiger partial charge on any atom is -0.458 e. The van der Waals surface area contributed by atoms with Crippen LogP contribution in [-0.2, 0) is 14.3 Å². The van der Waals surface area contributed by atoms with Gasteiger partial charge < -0.3 is 20.3 Å². The van der Waals surface area contributed by atoms with Crippen LogP contribution in [0.25, 0.3) is 0 Å². The molecule has 102 valence electrons. The number of rotatable bonds is 7. The topological polar surface area (TPSA) is 95.9 Å². The molecule has 0 saturated heterocycles. The first-order valence-electron chi connectivity index (χ1n) is 5.38. The van der Waals surface area contributed by atoms with Crippen molar-refractivity contribution in [1.29, 1.82) is 0 Å². The molecule has 0 rings (SSSR count). The Hall–Kier alpha value is -1.66. The summed E-state index contributed by atoms with van der Waals surface area (Å²) in [5, 5.41) is 20.8. The predicted octanol–water partition coefficient (Wildman–Crippen LogP) is -0.275. The zero-order chi connectivity index (χ0) is 14.2. The molecule has 0 aromatic heterocycles. The largest absolute Gasteiger partial charge is 0.458 e. The van der Waals surface area contributed by atoms with E-state index in [1.807, 2.05) is 0 Å². The van der Waals surface area contributed by atoms with E-state index in [4.69, 9.17) is 5.11 Å². The number of aliphatic hydroxyl groups excluding tert-OH is 2. The lowest BCUT2D eigenvalue weighted by Gasteiger charge is -2.26. The van der Waals surface area contributed by atoms with Crippen LogP contribution in [0.1, 0.15) is 13.8 Å². The Kier molecular flexibility index (Phi) is 6.92. The number of esters is 1. The normalized spacial score (nSPS) is 13.1. The quantitative estimate of drug-likeness (QED) is 0.331. The molecule has 1 amide bonds. The maximum atomic E-state index is 11.5. The van der Waals surface area contributed by atoms with Crippen LogP contribution in [0.4, 0.5) is 0 Å². The smallest absolute Gasteiger partial charge is 0.332 e. The fourth-order valence-electron chi connectivity index (χ4n) is 0.901. The third kappa shape index (κ3) is 5.60. The second kappa shape index (κ2) is 7.62. The van der Waals surface area contributed by atoms with Crippen molar-refractivity contribution < 1.29 is 24.5 Å². The lowest BCUT2D eigenvalue weighted by Crippen LogP contribution is -2.44. The summed E-state index contributed by atoms with van der Waals surface area (Å²) in [6.07, 6.45) is 2.12. The van der Waals surface area contributed by atoms with Crippen molar-refractivity contribution in [2.75, 3.05) is 13.2 Å². The highest BCUT2D eigenvalue weighted by atomic mass is 16.5. The molecule has 6 heteroatoms. The van der Waals surface area contributed by atoms with Crippen LogP contribution in [0.3, 0.4) is 0 Å². The zero-order valence-electron chi connectivity index (χ0n) is 10.5. The van der Waals surface area contributed by atoms with Gasteiger partial charge in [-0.1, -0.05) is 26.5 Å². The lowest BCUT2D eigenvalue weighted by molar-refractivity contribution is -0.136. The molecule has 0 spiro atoms. The summed E-state index contributed by atoms with van der Waals surface area (Å²) in [5.41, 5.74) is -0.957. The predicted molar refractivity (Wildman–Crippen MR) is 65.3 cm³/mol. The molecule has 0 aromatic rings. The third-order valence-electron chi connectivity index (χ3n) is 2.18. The zero-order valence-corrected chi connectivity index (χ0v) is 10.5. The molecular weight excluding hydrogens is 238 g/mol. The minimum absolute atomic E-state index is 0.0806. The van der Waals surface area contributed by atoms with Crippen molar-refractivity contribution in [3.63, 3.8) is 0 Å². The number of aliphatic hydroxyl groups is 2. The van der Waals surface area contributed by atoms with E-state index >= 15 is 0 Å². The average molecular weight is 257 g/mol. The van der Waals surface area contributed by atoms with Crippen LogP contribution in [0.2, 0.25) is 0 Å². The molecule has 0 bridgehead atoms. The van der Waals surface area contributed by atoms with E-state index in [0.29, 0.717) is 0 Å². The van der Waals surface area contributed by atoms with Gasteiger partial charge in [-0.3, -0.25) is 4.79 Å². The van der Waals surface area contributed by atoms with Crippen LogP contribution in [0.15, 0.2) is 24.9 Å². The first-order chi connectivity index (χ1) is 8.35. The summed E-state index contributed by atoms with van der Waals surface area (Å²) < 4.78 is 4.62. The van der Waals surface area contributed by atoms with Crippen molar-refractivity contribution in [2.45, 2.75) is 20.0 Å². The van der Waals surface area contributed by atoms with Gasteiger partial charge in [-0.25, -0.2) is 4.79 Å². The van der Waals surface area contributed by atoms with Crippen LogP contribution >= 0.6 is 0 Å². The van der Waals surface area contributed by atoms with Crippen molar-refractivity contribution >= 4 is 11.9 Å². The summed E-state index contributed by atoms with van der Waals surface area (Å²) in [6.45, 7) is 6.19. The van der Waals surface area contributed by atoms with E-state index in [0.717, 1.165) is 12.3 Å². The summed E-state index contributed by atoms with van der Waals surface area (Å²) in [6, 6.07) is 0. The molecule has 0 heterocycles. The molecule has 18 heavy (non-hydrogen) atoms. The second-order valence-corrected chi connectivity index (χ2v) is 4.31. The Morgan fingerprint density at radius 1 is 1.50 bits per heavy atom. The molecule has 0 aliphatic rings. The molecule has 6 nitrogen and oxygen atoms in total. The number of carbonyl (C=O) groups is 2. The number of hydrogen-bond acceptors (Lipinski definition) is 5. The van der Waals surface area contributed by atoms with Gasteiger partial charge in [0.15, 0.2) is 0 Å². The Balaban J connectivity index is 4.22. The fourth-order valence-corrected chi connectivity index (χ4v) is 0.901. The molecule has 3 N–H and O–H groups in total. The number of nitrogens with one attached hydrogen (secondary N) is 1. The second-order valence-electron chi connectivity index (χ2n) is 4.31. The molecule has 0 aromatic carbocycles. The van der Waals surface area contributed by atoms with Crippen molar-refractivity contribution in [1.82, 2.24) is 5.32 Å². The number of carbonyl (C=O) groups excluding carboxylic acids is 2. The van der Waals surface area contributed by atoms with Crippen LogP contribution in [0.5, 0.6) is 0 Å². The maximum Gasteiger partial charge on any atom is 0.332 e. The number of ether oxygens (including phenoxy) is 1. The molecule has 1 atom stereocenters. The Morgan fingerprint density at radius 2 is 2.11 bits per heavy atom. The third-order valence-corrected chi connectivity index (χ3v) is 2.18. The first kappa shape index (κ1) is 16.3. The summed E-state index contributed by atoms with van der Waals surface area (Å²) >= 11 is 0. The molecule has 0 aliphatic heterocycles. The number of amides is 1. The summed E-state index contributed by atoms with van der Waals surface area (Å²) in [7, 11) is 0. The first-order valence-corrected chi connectivity index (χ1v) is 5.38. The van der Waals surface area contributed by atoms with E-state index in [1.54, 1.807) is 13.8 Å². The lowest BCUT2D eigenvalue weighted by atomic mass is 9.87. The molecule has 0 radical (unpaired) electrons. The minimum atomic E-state index is -1.38. The van der Waals surface area contributed by atoms with Gasteiger partial charge in [-0.15, -0.1) is 0 Å². The van der Waals surface area contributed by atoms with Gasteiger partial charge in [-0.05, 0) is 0 Å². The maximum absolute atomic E-state index is 11.5. The van der Waals surface area contributed by atoms with Gasteiger partial charge in [0.25, 0.3) is 5.91 Å². The van der Waals surface area contributed by atoms with Crippen molar-refractivity contribution in [3.8, 4) is 0 Å². The van der Waals surface area contributed by atoms with E-state index < -0.39 is 23.4 Å². The number of hydrogen-bond donors (Lipinski definition) is 3. The van der Waals surface area contributed by atoms with Gasteiger partial charge in [0.2, 0.25) is 0 Å². The molecule has 0 saturated carbocycles. The molecule has 0 fully saturated rings. The summed E-state index contributed by atoms with van der Waals surface area (Å²) in [5.74, 6) is -1.34. The highest BCUT2D eigenvalue weighted by Crippen LogP contribution is 2.19. The fraction of sp³-hybridized carbons (Fsp3) is 0.500. The van der Waals surface area contributed by atoms with Crippen molar-refractivity contribution in [2.24, 2.45) is 5.41 Å². The standard InChI is InChI=1S/C12H19NO5/c1-4-7-18-9(15)5-6-13-11(17)10(16)12(2,3)8-14/h4-6,10,14,16H,1,7-8H2,2-3H3,(H,13,17)/b6-5-/t10-/m0/s1. The van der Waals surface area contributed by atoms with E-state index in [2.05, 4.69) is 16.6 Å². The average Bonchev–Trinajstić information content (AvgIpc) is 2.35. The monoisotopic (exact) mass is 257 g/mol. The van der Waals surface area contributed by atoms with E-state index in [-0.39, 0.29) is 13.2 Å². The highest BCUT2D eigenvalue weighted by Gasteiger charge is 2.32. The Labute approximate surface area is 106 Å². The van der Waals surface area contributed by atoms with Crippen molar-refractivity contribution in [3.05, 3.63) is 24.9 Å². The van der Waals surface area contributed by atoms with Crippen LogP contribution in [-0.4, -0.2) is 41.4 Å². The van der Waals surface area contributed by atoms with Crippen LogP contribution < -0.4 is 5.32 Å². The van der Waals surface area contributed by atoms with E-state index in [1.165, 1.54) is 6.08 Å². The Bertz CT molecular complexity index is 335. The van der Waals surface area contributed by atoms with Crippen LogP contribution in [0, 0.1) is 5.41 Å². The Morgan fingerprint density at radius 3 is 2.61 bits per heavy atom. The van der Waals surface area contributed by atoms with Gasteiger partial charge in [0.05, 0.1) is 6.61 Å². The van der Waals surface area contributed by atoms with Gasteiger partial charge >= 0.3 is 5.97 Å². The van der Waals surface area contributed by atoms with Gasteiger partial charge in [0, 0.05) is 17.7 Å². The van der Waals surface area contributed by atoms with Gasteiger partial charge in [0.1, 0.15) is 12.7 Å². The molecule has 0 aliphatic carbocycles. The molecular formula is C12H19NO5. The SMILES string of the molecule is C=CCOC(=O)/C=C\NC(=O)[C@H](O)C(C)(C)CO. The summed E-state index contributed by atoms with van der Waals surface area (Å²) in [4.78, 5) is 22.4.